The van der Waals surface area contributed by atoms with Crippen molar-refractivity contribution in [3.63, 3.8) is 0 Å². The minimum absolute atomic E-state index is 0.0146. The summed E-state index contributed by atoms with van der Waals surface area (Å²) in [5.41, 5.74) is 1.22. The number of nitrogens with one attached hydrogen (secondary N) is 2. The van der Waals surface area contributed by atoms with Crippen LogP contribution in [0.2, 0.25) is 0 Å². The summed E-state index contributed by atoms with van der Waals surface area (Å²) < 4.78 is 6.08. The Labute approximate surface area is 153 Å². The highest BCUT2D eigenvalue weighted by Gasteiger charge is 2.17. The summed E-state index contributed by atoms with van der Waals surface area (Å²) in [5.74, 6) is 0. The fraction of sp³-hybridized carbons (Fsp3) is 0.375. The number of amides is 1. The first-order valence-corrected chi connectivity index (χ1v) is 9.03. The number of hydrogen-bond donors (Lipinski definition) is 3. The van der Waals surface area contributed by atoms with Gasteiger partial charge in [0.2, 0.25) is 0 Å². The second-order valence-electron chi connectivity index (χ2n) is 6.09. The maximum absolute atomic E-state index is 11.5. The van der Waals surface area contributed by atoms with E-state index in [9.17, 15) is 9.90 Å². The lowest BCUT2D eigenvalue weighted by Gasteiger charge is -2.20. The molecule has 8 heteroatoms. The van der Waals surface area contributed by atoms with Gasteiger partial charge in [-0.05, 0) is 32.9 Å². The van der Waals surface area contributed by atoms with Gasteiger partial charge in [0.15, 0.2) is 5.13 Å². The summed E-state index contributed by atoms with van der Waals surface area (Å²) in [7, 11) is 0. The van der Waals surface area contributed by atoms with Gasteiger partial charge in [-0.1, -0.05) is 28.1 Å². The molecular weight excluding hydrogens is 394 g/mol. The zero-order chi connectivity index (χ0) is 17.7. The van der Waals surface area contributed by atoms with Crippen molar-refractivity contribution in [2.45, 2.75) is 32.6 Å². The minimum Gasteiger partial charge on any atom is -0.444 e. The summed E-state index contributed by atoms with van der Waals surface area (Å²) in [5, 5.41) is 17.8. The second kappa shape index (κ2) is 7.96. The number of thiazole rings is 1. The van der Waals surface area contributed by atoms with Crippen LogP contribution in [0.5, 0.6) is 0 Å². The number of hydrogen-bond acceptors (Lipinski definition) is 6. The van der Waals surface area contributed by atoms with Crippen molar-refractivity contribution in [2.24, 2.45) is 0 Å². The molecule has 2 rings (SSSR count). The van der Waals surface area contributed by atoms with Crippen LogP contribution in [0.25, 0.3) is 11.3 Å². The Bertz CT molecular complexity index is 700. The number of nitrogens with zero attached hydrogens (tertiary/aromatic N) is 1. The van der Waals surface area contributed by atoms with Crippen LogP contribution in [-0.4, -0.2) is 34.6 Å². The number of rotatable bonds is 5. The van der Waals surface area contributed by atoms with Gasteiger partial charge in [0.25, 0.3) is 0 Å². The van der Waals surface area contributed by atoms with E-state index in [1.165, 1.54) is 11.3 Å². The van der Waals surface area contributed by atoms with Gasteiger partial charge < -0.3 is 20.5 Å². The van der Waals surface area contributed by atoms with Gasteiger partial charge in [-0.2, -0.15) is 0 Å². The van der Waals surface area contributed by atoms with Gasteiger partial charge in [0, 0.05) is 15.4 Å². The Balaban J connectivity index is 1.87. The van der Waals surface area contributed by atoms with E-state index >= 15 is 0 Å². The Hall–Kier alpha value is -1.64. The van der Waals surface area contributed by atoms with Crippen molar-refractivity contribution in [1.82, 2.24) is 10.3 Å². The van der Waals surface area contributed by atoms with Gasteiger partial charge in [0.05, 0.1) is 12.2 Å². The van der Waals surface area contributed by atoms with Crippen LogP contribution < -0.4 is 10.6 Å². The van der Waals surface area contributed by atoms with E-state index in [1.54, 1.807) is 20.8 Å². The molecule has 1 aromatic heterocycles. The number of alkyl carbamates (subject to hydrolysis) is 1. The molecule has 3 N–H and O–H groups in total. The van der Waals surface area contributed by atoms with E-state index in [0.717, 1.165) is 15.7 Å². The predicted octanol–water partition coefficient (Wildman–Crippen LogP) is 3.83. The summed E-state index contributed by atoms with van der Waals surface area (Å²) in [4.78, 5) is 16.0. The number of halogens is 1. The molecule has 0 spiro atoms. The molecule has 0 aliphatic rings. The van der Waals surface area contributed by atoms with Gasteiger partial charge in [-0.25, -0.2) is 9.78 Å². The lowest BCUT2D eigenvalue weighted by atomic mass is 10.2. The molecule has 0 aliphatic carbocycles. The first kappa shape index (κ1) is 18.7. The van der Waals surface area contributed by atoms with E-state index in [2.05, 4.69) is 31.5 Å². The van der Waals surface area contributed by atoms with Crippen LogP contribution in [0.15, 0.2) is 34.1 Å². The fourth-order valence-electron chi connectivity index (χ4n) is 1.81. The summed E-state index contributed by atoms with van der Waals surface area (Å²) in [6.07, 6.45) is -1.53. The van der Waals surface area contributed by atoms with Crippen LogP contribution in [0.1, 0.15) is 20.8 Å². The standard InChI is InChI=1S/C16H20BrN3O3S/c1-16(2,3)23-15(22)18-8-13(21)20-14-19-12(9-24-14)10-5-4-6-11(17)7-10/h4-7,9,13,21H,8H2,1-3H3,(H,18,22)(H,19,20). The van der Waals surface area contributed by atoms with E-state index in [1.807, 2.05) is 29.6 Å². The molecule has 1 atom stereocenters. The topological polar surface area (TPSA) is 83.5 Å². The maximum atomic E-state index is 11.5. The Morgan fingerprint density at radius 2 is 2.21 bits per heavy atom. The molecule has 130 valence electrons. The van der Waals surface area contributed by atoms with Crippen molar-refractivity contribution >= 4 is 38.5 Å². The summed E-state index contributed by atoms with van der Waals surface area (Å²) >= 11 is 4.81. The SMILES string of the molecule is CC(C)(C)OC(=O)NCC(O)Nc1nc(-c2cccc(Br)c2)cs1. The highest BCUT2D eigenvalue weighted by atomic mass is 79.9. The first-order valence-electron chi connectivity index (χ1n) is 7.36. The van der Waals surface area contributed by atoms with Gasteiger partial charge >= 0.3 is 6.09 Å². The number of aromatic nitrogens is 1. The zero-order valence-corrected chi connectivity index (χ0v) is 16.1. The Morgan fingerprint density at radius 3 is 2.88 bits per heavy atom. The lowest BCUT2D eigenvalue weighted by Crippen LogP contribution is -2.39. The predicted molar refractivity (Wildman–Crippen MR) is 99.1 cm³/mol. The second-order valence-corrected chi connectivity index (χ2v) is 7.86. The van der Waals surface area contributed by atoms with Crippen LogP contribution in [0.3, 0.4) is 0 Å². The van der Waals surface area contributed by atoms with Gasteiger partial charge in [-0.3, -0.25) is 0 Å². The van der Waals surface area contributed by atoms with Crippen LogP contribution in [-0.2, 0) is 4.74 Å². The summed E-state index contributed by atoms with van der Waals surface area (Å²) in [6, 6.07) is 7.82. The Morgan fingerprint density at radius 1 is 1.46 bits per heavy atom. The average Bonchev–Trinajstić information content (AvgIpc) is 2.92. The molecule has 1 amide bonds. The number of anilines is 1. The van der Waals surface area contributed by atoms with Crippen molar-refractivity contribution in [3.05, 3.63) is 34.1 Å². The number of carbonyl (C=O) groups excluding carboxylic acids is 1. The van der Waals surface area contributed by atoms with E-state index in [4.69, 9.17) is 4.74 Å². The van der Waals surface area contributed by atoms with Crippen molar-refractivity contribution in [3.8, 4) is 11.3 Å². The van der Waals surface area contributed by atoms with Crippen LogP contribution in [0, 0.1) is 0 Å². The maximum Gasteiger partial charge on any atom is 0.407 e. The van der Waals surface area contributed by atoms with Gasteiger partial charge in [-0.15, -0.1) is 11.3 Å². The molecule has 0 aliphatic heterocycles. The molecule has 1 aromatic carbocycles. The van der Waals surface area contributed by atoms with Crippen molar-refractivity contribution in [2.75, 3.05) is 11.9 Å². The number of aliphatic hydroxyl groups excluding tert-OH is 1. The molecule has 24 heavy (non-hydrogen) atoms. The summed E-state index contributed by atoms with van der Waals surface area (Å²) in [6.45, 7) is 5.35. The quantitative estimate of drug-likeness (QED) is 0.648. The lowest BCUT2D eigenvalue weighted by molar-refractivity contribution is 0.0500. The number of ether oxygens (including phenoxy) is 1. The Kier molecular flexibility index (Phi) is 6.20. The first-order chi connectivity index (χ1) is 11.2. The third-order valence-corrected chi connectivity index (χ3v) is 4.02. The molecule has 0 radical (unpaired) electrons. The van der Waals surface area contributed by atoms with Crippen molar-refractivity contribution < 1.29 is 14.6 Å². The fourth-order valence-corrected chi connectivity index (χ4v) is 2.97. The third kappa shape index (κ3) is 6.10. The number of benzene rings is 1. The van der Waals surface area contributed by atoms with E-state index in [0.29, 0.717) is 5.13 Å². The van der Waals surface area contributed by atoms with Crippen molar-refractivity contribution in [1.29, 1.82) is 0 Å². The molecular formula is C16H20BrN3O3S. The van der Waals surface area contributed by atoms with Gasteiger partial charge in [0.1, 0.15) is 11.8 Å². The zero-order valence-electron chi connectivity index (χ0n) is 13.7. The molecule has 0 bridgehead atoms. The molecule has 0 saturated carbocycles. The third-order valence-electron chi connectivity index (χ3n) is 2.75. The minimum atomic E-state index is -0.959. The molecule has 1 heterocycles. The van der Waals surface area contributed by atoms with Crippen LogP contribution >= 0.6 is 27.3 Å². The normalized spacial score (nSPS) is 12.5. The highest BCUT2D eigenvalue weighted by molar-refractivity contribution is 9.10. The number of carbonyl (C=O) groups is 1. The van der Waals surface area contributed by atoms with E-state index in [-0.39, 0.29) is 6.54 Å². The molecule has 0 fully saturated rings. The average molecular weight is 414 g/mol. The highest BCUT2D eigenvalue weighted by Crippen LogP contribution is 2.27. The van der Waals surface area contributed by atoms with Crippen LogP contribution in [0.4, 0.5) is 9.93 Å². The number of aliphatic hydroxyl groups is 1. The molecule has 2 aromatic rings. The molecule has 6 nitrogen and oxygen atoms in total. The largest absolute Gasteiger partial charge is 0.444 e. The van der Waals surface area contributed by atoms with E-state index < -0.39 is 17.9 Å². The molecule has 1 unspecified atom stereocenters. The monoisotopic (exact) mass is 413 g/mol. The molecule has 0 saturated heterocycles. The smallest absolute Gasteiger partial charge is 0.407 e.